The number of hydrogen-bond acceptors (Lipinski definition) is 8. The largest absolute Gasteiger partial charge is 0.461 e. The maximum atomic E-state index is 11.5. The van der Waals surface area contributed by atoms with Crippen LogP contribution in [0.2, 0.25) is 0 Å². The first-order chi connectivity index (χ1) is 14.5. The van der Waals surface area contributed by atoms with Crippen molar-refractivity contribution in [1.82, 2.24) is 20.4 Å². The van der Waals surface area contributed by atoms with Crippen molar-refractivity contribution in [3.05, 3.63) is 33.9 Å². The lowest BCUT2D eigenvalue weighted by Gasteiger charge is -2.18. The predicted molar refractivity (Wildman–Crippen MR) is 105 cm³/mol. The molecule has 10 heteroatoms. The van der Waals surface area contributed by atoms with E-state index in [2.05, 4.69) is 20.4 Å². The summed E-state index contributed by atoms with van der Waals surface area (Å²) < 4.78 is 20.7. The first-order valence-electron chi connectivity index (χ1n) is 10.2. The van der Waals surface area contributed by atoms with Crippen LogP contribution < -0.4 is 0 Å². The minimum Gasteiger partial charge on any atom is -0.461 e. The average Bonchev–Trinajstić information content (AvgIpc) is 3.33. The molecule has 2 N–H and O–H groups in total. The van der Waals surface area contributed by atoms with Crippen LogP contribution in [0.4, 0.5) is 0 Å². The third kappa shape index (κ3) is 4.71. The molecule has 0 spiro atoms. The number of H-pyrrole nitrogens is 2. The monoisotopic (exact) mass is 420 g/mol. The highest BCUT2D eigenvalue weighted by atomic mass is 16.5. The second-order valence-corrected chi connectivity index (χ2v) is 7.02. The molecule has 4 heterocycles. The summed E-state index contributed by atoms with van der Waals surface area (Å²) >= 11 is 0. The summed E-state index contributed by atoms with van der Waals surface area (Å²) in [7, 11) is 0. The van der Waals surface area contributed by atoms with Crippen LogP contribution in [0.1, 0.15) is 77.3 Å². The van der Waals surface area contributed by atoms with E-state index in [0.29, 0.717) is 50.7 Å². The molecule has 2 atom stereocenters. The lowest BCUT2D eigenvalue weighted by Crippen LogP contribution is -2.20. The molecule has 0 aromatic carbocycles. The minimum absolute atomic E-state index is 0.0237. The van der Waals surface area contributed by atoms with Gasteiger partial charge in [0.15, 0.2) is 11.4 Å². The summed E-state index contributed by atoms with van der Waals surface area (Å²) in [6.07, 6.45) is 1.53. The maximum Gasteiger partial charge on any atom is 0.359 e. The van der Waals surface area contributed by atoms with E-state index >= 15 is 0 Å². The zero-order valence-corrected chi connectivity index (χ0v) is 17.7. The Morgan fingerprint density at radius 2 is 1.63 bits per heavy atom. The summed E-state index contributed by atoms with van der Waals surface area (Å²) in [6, 6.07) is 0. The fraction of sp³-hybridized carbons (Fsp3) is 0.600. The Morgan fingerprint density at radius 3 is 2.30 bits per heavy atom. The number of carbonyl (C=O) groups excluding carboxylic acids is 2. The van der Waals surface area contributed by atoms with Crippen molar-refractivity contribution >= 4 is 11.9 Å². The molecule has 10 nitrogen and oxygen atoms in total. The van der Waals surface area contributed by atoms with Gasteiger partial charge < -0.3 is 18.9 Å². The lowest BCUT2D eigenvalue weighted by atomic mass is 10.0. The SMILES string of the molecule is CCOC(=O)c1n[nH]c2c1CC(C)OC2.CCOC(=O)c1n[nH]c2c1CCOC2C. The maximum absolute atomic E-state index is 11.5. The Kier molecular flexibility index (Phi) is 7.22. The summed E-state index contributed by atoms with van der Waals surface area (Å²) in [5, 5.41) is 13.6. The van der Waals surface area contributed by atoms with Gasteiger partial charge in [-0.15, -0.1) is 0 Å². The van der Waals surface area contributed by atoms with E-state index in [1.54, 1.807) is 13.8 Å². The van der Waals surface area contributed by atoms with Gasteiger partial charge in [-0.25, -0.2) is 9.59 Å². The molecule has 2 unspecified atom stereocenters. The predicted octanol–water partition coefficient (Wildman–Crippen LogP) is 2.27. The number of nitrogens with zero attached hydrogens (tertiary/aromatic N) is 2. The van der Waals surface area contributed by atoms with E-state index in [4.69, 9.17) is 18.9 Å². The van der Waals surface area contributed by atoms with Crippen LogP contribution in [0, 0.1) is 0 Å². The summed E-state index contributed by atoms with van der Waals surface area (Å²) in [5.74, 6) is -0.715. The quantitative estimate of drug-likeness (QED) is 0.721. The second-order valence-electron chi connectivity index (χ2n) is 7.02. The summed E-state index contributed by atoms with van der Waals surface area (Å²) in [4.78, 5) is 23.1. The fourth-order valence-electron chi connectivity index (χ4n) is 3.44. The van der Waals surface area contributed by atoms with Crippen molar-refractivity contribution in [2.75, 3.05) is 19.8 Å². The molecule has 164 valence electrons. The number of hydrogen-bond donors (Lipinski definition) is 2. The summed E-state index contributed by atoms with van der Waals surface area (Å²) in [5.41, 5.74) is 4.46. The van der Waals surface area contributed by atoms with Gasteiger partial charge in [-0.3, -0.25) is 10.2 Å². The van der Waals surface area contributed by atoms with Gasteiger partial charge in [0, 0.05) is 24.0 Å². The average molecular weight is 420 g/mol. The van der Waals surface area contributed by atoms with E-state index in [1.165, 1.54) is 0 Å². The van der Waals surface area contributed by atoms with Crippen LogP contribution in [-0.4, -0.2) is 58.3 Å². The summed E-state index contributed by atoms with van der Waals surface area (Å²) in [6.45, 7) is 9.32. The molecular formula is C20H28N4O6. The highest BCUT2D eigenvalue weighted by molar-refractivity contribution is 5.89. The van der Waals surface area contributed by atoms with E-state index < -0.39 is 0 Å². The molecule has 4 rings (SSSR count). The van der Waals surface area contributed by atoms with Gasteiger partial charge in [0.1, 0.15) is 0 Å². The van der Waals surface area contributed by atoms with Crippen molar-refractivity contribution in [2.24, 2.45) is 0 Å². The van der Waals surface area contributed by atoms with Crippen LogP contribution in [0.25, 0.3) is 0 Å². The Bertz CT molecular complexity index is 890. The Hall–Kier alpha value is -2.72. The van der Waals surface area contributed by atoms with Crippen LogP contribution >= 0.6 is 0 Å². The Balaban J connectivity index is 0.000000171. The van der Waals surface area contributed by atoms with Crippen LogP contribution in [0.15, 0.2) is 0 Å². The topological polar surface area (TPSA) is 128 Å². The molecule has 0 fully saturated rings. The normalized spacial score (nSPS) is 19.7. The van der Waals surface area contributed by atoms with E-state index in [-0.39, 0.29) is 24.1 Å². The smallest absolute Gasteiger partial charge is 0.359 e. The third-order valence-electron chi connectivity index (χ3n) is 4.92. The Morgan fingerprint density at radius 1 is 1.00 bits per heavy atom. The molecule has 2 aliphatic heterocycles. The van der Waals surface area contributed by atoms with Crippen molar-refractivity contribution < 1.29 is 28.5 Å². The zero-order valence-electron chi connectivity index (χ0n) is 17.7. The van der Waals surface area contributed by atoms with Gasteiger partial charge in [-0.05, 0) is 27.7 Å². The van der Waals surface area contributed by atoms with Crippen molar-refractivity contribution in [2.45, 2.75) is 59.4 Å². The van der Waals surface area contributed by atoms with Gasteiger partial charge in [0.2, 0.25) is 0 Å². The van der Waals surface area contributed by atoms with E-state index in [1.807, 2.05) is 13.8 Å². The van der Waals surface area contributed by atoms with Gasteiger partial charge in [0.25, 0.3) is 0 Å². The van der Waals surface area contributed by atoms with Crippen LogP contribution in [-0.2, 0) is 38.4 Å². The molecule has 0 aliphatic carbocycles. The van der Waals surface area contributed by atoms with Crippen molar-refractivity contribution in [3.63, 3.8) is 0 Å². The molecule has 2 aliphatic rings. The lowest BCUT2D eigenvalue weighted by molar-refractivity contribution is 0.0379. The standard InChI is InChI=1S/2C10H14N2O3/c1-3-14-10(13)9-7-4-6(2)15-5-8(7)11-12-9;1-3-14-10(13)9-7-4-5-15-6(2)8(7)11-12-9/h2*6H,3-5H2,1-2H3,(H,11,12). The molecule has 0 radical (unpaired) electrons. The number of ether oxygens (including phenoxy) is 4. The highest BCUT2D eigenvalue weighted by Gasteiger charge is 2.27. The number of nitrogens with one attached hydrogen (secondary N) is 2. The second kappa shape index (κ2) is 9.86. The molecule has 2 aromatic heterocycles. The molecule has 0 bridgehead atoms. The van der Waals surface area contributed by atoms with Gasteiger partial charge in [0.05, 0.1) is 50.0 Å². The number of aromatic nitrogens is 4. The molecule has 0 saturated heterocycles. The van der Waals surface area contributed by atoms with Crippen LogP contribution in [0.3, 0.4) is 0 Å². The third-order valence-corrected chi connectivity index (χ3v) is 4.92. The molecule has 2 aromatic rings. The fourth-order valence-corrected chi connectivity index (χ4v) is 3.44. The minimum atomic E-state index is -0.357. The molecule has 0 amide bonds. The molecule has 0 saturated carbocycles. The highest BCUT2D eigenvalue weighted by Crippen LogP contribution is 2.27. The number of esters is 2. The van der Waals surface area contributed by atoms with Gasteiger partial charge in [-0.1, -0.05) is 0 Å². The first kappa shape index (κ1) is 22.0. The van der Waals surface area contributed by atoms with Gasteiger partial charge >= 0.3 is 11.9 Å². The van der Waals surface area contributed by atoms with Crippen molar-refractivity contribution in [1.29, 1.82) is 0 Å². The van der Waals surface area contributed by atoms with Gasteiger partial charge in [-0.2, -0.15) is 10.2 Å². The number of aromatic amines is 2. The number of carbonyl (C=O) groups is 2. The van der Waals surface area contributed by atoms with E-state index in [9.17, 15) is 9.59 Å². The molecular weight excluding hydrogens is 392 g/mol. The Labute approximate surface area is 174 Å². The number of rotatable bonds is 4. The van der Waals surface area contributed by atoms with Crippen LogP contribution in [0.5, 0.6) is 0 Å². The van der Waals surface area contributed by atoms with Crippen molar-refractivity contribution in [3.8, 4) is 0 Å². The van der Waals surface area contributed by atoms with E-state index in [0.717, 1.165) is 22.5 Å². The first-order valence-corrected chi connectivity index (χ1v) is 10.2. The molecule has 30 heavy (non-hydrogen) atoms. The number of fused-ring (bicyclic) bond motifs is 2. The zero-order chi connectivity index (χ0) is 21.7.